The SMILES string of the molecule is CCC(NC(=O)C1(Cc2ccccc2)CCN(C2=NC(=N)c3cc(OC)c(OC)cc3CC2)CC1)c1ccccc1. The number of nitrogens with one attached hydrogen (secondary N) is 2. The van der Waals surface area contributed by atoms with Crippen LogP contribution in [0, 0.1) is 10.8 Å². The Kier molecular flexibility index (Phi) is 8.72. The van der Waals surface area contributed by atoms with Crippen LogP contribution in [0.25, 0.3) is 0 Å². The molecule has 2 aliphatic heterocycles. The summed E-state index contributed by atoms with van der Waals surface area (Å²) in [5.74, 6) is 2.54. The first-order valence-corrected chi connectivity index (χ1v) is 14.5. The molecular formula is C34H40N4O3. The summed E-state index contributed by atoms with van der Waals surface area (Å²) in [5, 5.41) is 12.2. The van der Waals surface area contributed by atoms with Crippen molar-refractivity contribution in [3.63, 3.8) is 0 Å². The third kappa shape index (κ3) is 6.14. The highest BCUT2D eigenvalue weighted by Gasteiger charge is 2.42. The number of hydrogen-bond donors (Lipinski definition) is 2. The van der Waals surface area contributed by atoms with Crippen LogP contribution < -0.4 is 14.8 Å². The second-order valence-corrected chi connectivity index (χ2v) is 11.0. The number of benzene rings is 3. The summed E-state index contributed by atoms with van der Waals surface area (Å²) in [6.45, 7) is 3.56. The molecule has 1 fully saturated rings. The van der Waals surface area contributed by atoms with Gasteiger partial charge < -0.3 is 19.7 Å². The summed E-state index contributed by atoms with van der Waals surface area (Å²) in [5.41, 5.74) is 3.61. The van der Waals surface area contributed by atoms with Gasteiger partial charge in [0.25, 0.3) is 0 Å². The number of piperidine rings is 1. The average Bonchev–Trinajstić information content (AvgIpc) is 3.18. The number of likely N-dealkylation sites (tertiary alicyclic amines) is 1. The van der Waals surface area contributed by atoms with E-state index in [0.717, 1.165) is 67.7 Å². The van der Waals surface area contributed by atoms with E-state index >= 15 is 0 Å². The predicted octanol–water partition coefficient (Wildman–Crippen LogP) is 5.97. The number of nitrogens with zero attached hydrogens (tertiary/aromatic N) is 2. The lowest BCUT2D eigenvalue weighted by Crippen LogP contribution is -2.52. The Labute approximate surface area is 243 Å². The van der Waals surface area contributed by atoms with Gasteiger partial charge in [0, 0.05) is 25.1 Å². The van der Waals surface area contributed by atoms with Crippen LogP contribution >= 0.6 is 0 Å². The number of methoxy groups -OCH3 is 2. The van der Waals surface area contributed by atoms with Gasteiger partial charge in [0.2, 0.25) is 5.91 Å². The van der Waals surface area contributed by atoms with Gasteiger partial charge in [0.05, 0.1) is 25.7 Å². The first kappa shape index (κ1) is 28.4. The van der Waals surface area contributed by atoms with Gasteiger partial charge in [-0.3, -0.25) is 10.2 Å². The molecule has 0 saturated carbocycles. The summed E-state index contributed by atoms with van der Waals surface area (Å²) < 4.78 is 11.0. The monoisotopic (exact) mass is 552 g/mol. The fraction of sp³-hybridized carbons (Fsp3) is 0.382. The molecule has 0 spiro atoms. The van der Waals surface area contributed by atoms with Crippen LogP contribution in [0.3, 0.4) is 0 Å². The van der Waals surface area contributed by atoms with Crippen molar-refractivity contribution in [2.45, 2.75) is 51.5 Å². The molecule has 2 N–H and O–H groups in total. The molecule has 0 aromatic heterocycles. The van der Waals surface area contributed by atoms with E-state index in [9.17, 15) is 4.79 Å². The highest BCUT2D eigenvalue weighted by atomic mass is 16.5. The van der Waals surface area contributed by atoms with Gasteiger partial charge in [-0.05, 0) is 60.9 Å². The molecule has 0 radical (unpaired) electrons. The highest BCUT2D eigenvalue weighted by Crippen LogP contribution is 2.38. The van der Waals surface area contributed by atoms with Crippen molar-refractivity contribution < 1.29 is 14.3 Å². The lowest BCUT2D eigenvalue weighted by molar-refractivity contribution is -0.134. The maximum absolute atomic E-state index is 14.1. The smallest absolute Gasteiger partial charge is 0.227 e. The fourth-order valence-corrected chi connectivity index (χ4v) is 6.15. The van der Waals surface area contributed by atoms with Gasteiger partial charge in [-0.1, -0.05) is 67.6 Å². The number of aryl methyl sites for hydroxylation is 1. The summed E-state index contributed by atoms with van der Waals surface area (Å²) in [6, 6.07) is 24.4. The van der Waals surface area contributed by atoms with Crippen molar-refractivity contribution in [3.05, 3.63) is 95.1 Å². The number of carbonyl (C=O) groups excluding carboxylic acids is 1. The Bertz CT molecular complexity index is 1400. The largest absolute Gasteiger partial charge is 0.493 e. The minimum absolute atomic E-state index is 0.0198. The van der Waals surface area contributed by atoms with E-state index in [2.05, 4.69) is 41.4 Å². The van der Waals surface area contributed by atoms with Crippen LogP contribution in [0.5, 0.6) is 11.5 Å². The number of carbonyl (C=O) groups is 1. The number of hydrogen-bond acceptors (Lipinski definition) is 5. The second kappa shape index (κ2) is 12.6. The third-order valence-electron chi connectivity index (χ3n) is 8.59. The maximum atomic E-state index is 14.1. The number of rotatable bonds is 8. The molecule has 1 unspecified atom stereocenters. The number of amides is 1. The first-order chi connectivity index (χ1) is 20.0. The Balaban J connectivity index is 1.35. The van der Waals surface area contributed by atoms with Crippen LogP contribution in [-0.4, -0.2) is 49.8 Å². The van der Waals surface area contributed by atoms with Crippen LogP contribution in [0.1, 0.15) is 60.9 Å². The van der Waals surface area contributed by atoms with E-state index < -0.39 is 5.41 Å². The topological polar surface area (TPSA) is 87.0 Å². The van der Waals surface area contributed by atoms with E-state index in [1.165, 1.54) is 5.56 Å². The minimum Gasteiger partial charge on any atom is -0.493 e. The number of fused-ring (bicyclic) bond motifs is 1. The molecule has 1 amide bonds. The number of aliphatic imine (C=N–C) groups is 1. The molecule has 2 heterocycles. The second-order valence-electron chi connectivity index (χ2n) is 11.0. The van der Waals surface area contributed by atoms with Crippen LogP contribution in [0.4, 0.5) is 0 Å². The van der Waals surface area contributed by atoms with Crippen molar-refractivity contribution in [2.24, 2.45) is 10.4 Å². The molecule has 0 bridgehead atoms. The number of amidine groups is 2. The Hall–Kier alpha value is -4.13. The zero-order valence-corrected chi connectivity index (χ0v) is 24.3. The molecule has 5 rings (SSSR count). The molecule has 41 heavy (non-hydrogen) atoms. The molecule has 3 aromatic carbocycles. The van der Waals surface area contributed by atoms with Crippen molar-refractivity contribution in [2.75, 3.05) is 27.3 Å². The van der Waals surface area contributed by atoms with E-state index in [-0.39, 0.29) is 17.8 Å². The Morgan fingerprint density at radius 1 is 0.976 bits per heavy atom. The zero-order chi connectivity index (χ0) is 28.8. The molecule has 3 aromatic rings. The molecular weight excluding hydrogens is 512 g/mol. The van der Waals surface area contributed by atoms with Crippen molar-refractivity contribution in [1.82, 2.24) is 10.2 Å². The highest BCUT2D eigenvalue weighted by molar-refractivity contribution is 6.07. The first-order valence-electron chi connectivity index (χ1n) is 14.5. The van der Waals surface area contributed by atoms with Gasteiger partial charge in [-0.15, -0.1) is 0 Å². The van der Waals surface area contributed by atoms with E-state index in [1.54, 1.807) is 14.2 Å². The van der Waals surface area contributed by atoms with Crippen molar-refractivity contribution in [1.29, 1.82) is 5.41 Å². The van der Waals surface area contributed by atoms with Gasteiger partial charge >= 0.3 is 0 Å². The van der Waals surface area contributed by atoms with E-state index in [4.69, 9.17) is 19.9 Å². The summed E-state index contributed by atoms with van der Waals surface area (Å²) in [4.78, 5) is 21.2. The van der Waals surface area contributed by atoms with Gasteiger partial charge in [0.15, 0.2) is 17.3 Å². The van der Waals surface area contributed by atoms with Crippen LogP contribution in [0.15, 0.2) is 77.8 Å². The maximum Gasteiger partial charge on any atom is 0.227 e. The Morgan fingerprint density at radius 2 is 1.61 bits per heavy atom. The van der Waals surface area contributed by atoms with Gasteiger partial charge in [0.1, 0.15) is 5.84 Å². The lowest BCUT2D eigenvalue weighted by Gasteiger charge is -2.42. The van der Waals surface area contributed by atoms with Crippen LogP contribution in [0.2, 0.25) is 0 Å². The standard InChI is InChI=1S/C34H40N4O3/c1-4-28(25-13-9-6-10-14-25)36-33(39)34(23-24-11-7-5-8-12-24)17-19-38(20-18-34)31-16-15-26-21-29(40-2)30(41-3)22-27(26)32(35)37-31/h5-14,21-22,28,35H,4,15-20,23H2,1-3H3,(H,36,39). The fourth-order valence-electron chi connectivity index (χ4n) is 6.15. The normalized spacial score (nSPS) is 17.1. The van der Waals surface area contributed by atoms with E-state index in [1.807, 2.05) is 48.5 Å². The molecule has 214 valence electrons. The lowest BCUT2D eigenvalue weighted by atomic mass is 9.72. The van der Waals surface area contributed by atoms with Crippen LogP contribution in [-0.2, 0) is 17.6 Å². The zero-order valence-electron chi connectivity index (χ0n) is 24.3. The molecule has 2 aliphatic rings. The third-order valence-corrected chi connectivity index (χ3v) is 8.59. The van der Waals surface area contributed by atoms with Crippen molar-refractivity contribution >= 4 is 17.6 Å². The molecule has 1 atom stereocenters. The summed E-state index contributed by atoms with van der Waals surface area (Å²) in [7, 11) is 3.23. The summed E-state index contributed by atoms with van der Waals surface area (Å²) in [6.07, 6.45) is 4.47. The molecule has 1 saturated heterocycles. The predicted molar refractivity (Wildman–Crippen MR) is 163 cm³/mol. The minimum atomic E-state index is -0.511. The Morgan fingerprint density at radius 3 is 2.24 bits per heavy atom. The van der Waals surface area contributed by atoms with Gasteiger partial charge in [-0.2, -0.15) is 0 Å². The van der Waals surface area contributed by atoms with Crippen molar-refractivity contribution in [3.8, 4) is 11.5 Å². The van der Waals surface area contributed by atoms with E-state index in [0.29, 0.717) is 17.9 Å². The molecule has 7 nitrogen and oxygen atoms in total. The molecule has 7 heteroatoms. The average molecular weight is 553 g/mol. The summed E-state index contributed by atoms with van der Waals surface area (Å²) >= 11 is 0. The molecule has 0 aliphatic carbocycles. The quantitative estimate of drug-likeness (QED) is 0.361. The van der Waals surface area contributed by atoms with Gasteiger partial charge in [-0.25, -0.2) is 4.99 Å². The number of ether oxygens (including phenoxy) is 2.